The van der Waals surface area contributed by atoms with E-state index in [9.17, 15) is 13.2 Å². The smallest absolute Gasteiger partial charge is 0.306 e. The predicted octanol–water partition coefficient (Wildman–Crippen LogP) is 3.18. The van der Waals surface area contributed by atoms with Crippen LogP contribution in [0.25, 0.3) is 0 Å². The van der Waals surface area contributed by atoms with Gasteiger partial charge in [0.2, 0.25) is 10.0 Å². The summed E-state index contributed by atoms with van der Waals surface area (Å²) in [4.78, 5) is 10.7. The third-order valence-corrected chi connectivity index (χ3v) is 5.99. The van der Waals surface area contributed by atoms with Gasteiger partial charge in [-0.2, -0.15) is 0 Å². The molecule has 2 unspecified atom stereocenters. The Morgan fingerprint density at radius 2 is 1.76 bits per heavy atom. The minimum atomic E-state index is -3.94. The largest absolute Gasteiger partial charge is 0.481 e. The molecule has 1 aliphatic carbocycles. The van der Waals surface area contributed by atoms with Crippen molar-refractivity contribution >= 4 is 50.8 Å². The summed E-state index contributed by atoms with van der Waals surface area (Å²) >= 11 is 17.6. The van der Waals surface area contributed by atoms with Gasteiger partial charge < -0.3 is 5.11 Å². The van der Waals surface area contributed by atoms with Crippen LogP contribution in [0.4, 0.5) is 0 Å². The summed E-state index contributed by atoms with van der Waals surface area (Å²) in [5.41, 5.74) is 0. The van der Waals surface area contributed by atoms with Crippen LogP contribution in [0.15, 0.2) is 17.0 Å². The maximum absolute atomic E-state index is 12.3. The highest BCUT2D eigenvalue weighted by molar-refractivity contribution is 7.89. The van der Waals surface area contributed by atoms with Crippen molar-refractivity contribution in [2.75, 3.05) is 0 Å². The maximum Gasteiger partial charge on any atom is 0.306 e. The number of nitrogens with one attached hydrogen (secondary N) is 1. The Balaban J connectivity index is 2.22. The Hall–Kier alpha value is -0.530. The highest BCUT2D eigenvalue weighted by Crippen LogP contribution is 2.34. The maximum atomic E-state index is 12.3. The molecular weight excluding hydrogens is 361 g/mol. The Labute approximate surface area is 137 Å². The number of sulfonamides is 1. The first-order valence-corrected chi connectivity index (χ1v) is 8.72. The molecule has 21 heavy (non-hydrogen) atoms. The lowest BCUT2D eigenvalue weighted by Gasteiger charge is -2.15. The topological polar surface area (TPSA) is 83.5 Å². The fourth-order valence-corrected chi connectivity index (χ4v) is 5.21. The fourth-order valence-electron chi connectivity index (χ4n) is 2.38. The van der Waals surface area contributed by atoms with Gasteiger partial charge in [0.1, 0.15) is 4.90 Å². The van der Waals surface area contributed by atoms with E-state index in [-0.39, 0.29) is 26.4 Å². The summed E-state index contributed by atoms with van der Waals surface area (Å²) in [6.45, 7) is 0. The predicted molar refractivity (Wildman–Crippen MR) is 80.6 cm³/mol. The van der Waals surface area contributed by atoms with Gasteiger partial charge in [0.05, 0.1) is 16.0 Å². The lowest BCUT2D eigenvalue weighted by atomic mass is 10.1. The van der Waals surface area contributed by atoms with Crippen molar-refractivity contribution in [3.8, 4) is 0 Å². The minimum Gasteiger partial charge on any atom is -0.481 e. The molecule has 0 amide bonds. The first-order chi connectivity index (χ1) is 9.70. The summed E-state index contributed by atoms with van der Waals surface area (Å²) in [5, 5.41) is 9.01. The van der Waals surface area contributed by atoms with Crippen LogP contribution in [0.5, 0.6) is 0 Å². The molecule has 1 saturated carbocycles. The molecule has 116 valence electrons. The molecule has 0 spiro atoms. The minimum absolute atomic E-state index is 0.0761. The standard InChI is InChI=1S/C12H12Cl3NO4S/c13-7-4-9(14)11(10(15)5-7)21(19,20)16-8-2-1-6(3-8)12(17)18/h4-6,8,16H,1-3H2,(H,17,18). The molecule has 1 aromatic rings. The van der Waals surface area contributed by atoms with E-state index in [1.807, 2.05) is 0 Å². The van der Waals surface area contributed by atoms with E-state index >= 15 is 0 Å². The zero-order valence-corrected chi connectivity index (χ0v) is 13.7. The number of halogens is 3. The van der Waals surface area contributed by atoms with E-state index in [0.29, 0.717) is 12.8 Å². The lowest BCUT2D eigenvalue weighted by Crippen LogP contribution is -2.33. The van der Waals surface area contributed by atoms with E-state index in [0.717, 1.165) is 0 Å². The molecule has 0 saturated heterocycles. The number of hydrogen-bond donors (Lipinski definition) is 2. The van der Waals surface area contributed by atoms with Crippen LogP contribution >= 0.6 is 34.8 Å². The summed E-state index contributed by atoms with van der Waals surface area (Å²) in [6, 6.07) is 2.13. The summed E-state index contributed by atoms with van der Waals surface area (Å²) in [6.07, 6.45) is 1.14. The third-order valence-electron chi connectivity index (χ3n) is 3.34. The quantitative estimate of drug-likeness (QED) is 0.850. The summed E-state index contributed by atoms with van der Waals surface area (Å²) in [7, 11) is -3.94. The van der Waals surface area contributed by atoms with Gasteiger partial charge in [-0.25, -0.2) is 13.1 Å². The Bertz CT molecular complexity index is 654. The molecule has 1 aromatic carbocycles. The average Bonchev–Trinajstić information content (AvgIpc) is 2.74. The molecule has 2 N–H and O–H groups in total. The zero-order chi connectivity index (χ0) is 15.8. The van der Waals surface area contributed by atoms with Gasteiger partial charge in [-0.3, -0.25) is 4.79 Å². The van der Waals surface area contributed by atoms with Crippen molar-refractivity contribution in [1.29, 1.82) is 0 Å². The second-order valence-corrected chi connectivity index (χ2v) is 7.77. The van der Waals surface area contributed by atoms with Gasteiger partial charge in [-0.1, -0.05) is 34.8 Å². The number of carbonyl (C=O) groups is 1. The summed E-state index contributed by atoms with van der Waals surface area (Å²) < 4.78 is 27.1. The van der Waals surface area contributed by atoms with Gasteiger partial charge in [0, 0.05) is 11.1 Å². The number of benzene rings is 1. The van der Waals surface area contributed by atoms with Crippen LogP contribution < -0.4 is 4.72 Å². The molecular formula is C12H12Cl3NO4S. The molecule has 1 fully saturated rings. The molecule has 2 rings (SSSR count). The van der Waals surface area contributed by atoms with Gasteiger partial charge >= 0.3 is 5.97 Å². The number of aliphatic carboxylic acids is 1. The SMILES string of the molecule is O=C(O)C1CCC(NS(=O)(=O)c2c(Cl)cc(Cl)cc2Cl)C1. The number of rotatable bonds is 4. The van der Waals surface area contributed by atoms with E-state index < -0.39 is 28.0 Å². The average molecular weight is 373 g/mol. The molecule has 9 heteroatoms. The van der Waals surface area contributed by atoms with Crippen molar-refractivity contribution in [2.24, 2.45) is 5.92 Å². The normalized spacial score (nSPS) is 22.4. The Morgan fingerprint density at radius 3 is 2.24 bits per heavy atom. The van der Waals surface area contributed by atoms with Crippen LogP contribution in [-0.2, 0) is 14.8 Å². The van der Waals surface area contributed by atoms with Crippen LogP contribution in [0.2, 0.25) is 15.1 Å². The molecule has 0 aliphatic heterocycles. The summed E-state index contributed by atoms with van der Waals surface area (Å²) in [5.74, 6) is -1.45. The molecule has 0 bridgehead atoms. The molecule has 2 atom stereocenters. The molecule has 0 radical (unpaired) electrons. The van der Waals surface area contributed by atoms with Gasteiger partial charge in [-0.15, -0.1) is 0 Å². The van der Waals surface area contributed by atoms with Crippen LogP contribution in [0.3, 0.4) is 0 Å². The van der Waals surface area contributed by atoms with Crippen LogP contribution in [0, 0.1) is 5.92 Å². The first kappa shape index (κ1) is 16.8. The number of carboxylic acids is 1. The van der Waals surface area contributed by atoms with E-state index in [1.54, 1.807) is 0 Å². The third kappa shape index (κ3) is 3.81. The zero-order valence-electron chi connectivity index (χ0n) is 10.6. The Kier molecular flexibility index (Phi) is 5.05. The second kappa shape index (κ2) is 6.30. The second-order valence-electron chi connectivity index (χ2n) is 4.86. The van der Waals surface area contributed by atoms with Crippen LogP contribution in [0.1, 0.15) is 19.3 Å². The monoisotopic (exact) mass is 371 g/mol. The van der Waals surface area contributed by atoms with E-state index in [1.165, 1.54) is 12.1 Å². The van der Waals surface area contributed by atoms with Gasteiger partial charge in [-0.05, 0) is 31.4 Å². The number of carboxylic acid groups (broad SMARTS) is 1. The number of hydrogen-bond acceptors (Lipinski definition) is 3. The van der Waals surface area contributed by atoms with Crippen molar-refractivity contribution in [1.82, 2.24) is 4.72 Å². The van der Waals surface area contributed by atoms with Crippen molar-refractivity contribution < 1.29 is 18.3 Å². The van der Waals surface area contributed by atoms with Crippen LogP contribution in [-0.4, -0.2) is 25.5 Å². The van der Waals surface area contributed by atoms with Crippen molar-refractivity contribution in [3.05, 3.63) is 27.2 Å². The fraction of sp³-hybridized carbons (Fsp3) is 0.417. The highest BCUT2D eigenvalue weighted by Gasteiger charge is 2.33. The van der Waals surface area contributed by atoms with E-state index in [2.05, 4.69) is 4.72 Å². The molecule has 0 heterocycles. The molecule has 5 nitrogen and oxygen atoms in total. The molecule has 1 aliphatic rings. The Morgan fingerprint density at radius 1 is 1.19 bits per heavy atom. The van der Waals surface area contributed by atoms with Crippen molar-refractivity contribution in [3.63, 3.8) is 0 Å². The first-order valence-electron chi connectivity index (χ1n) is 6.10. The van der Waals surface area contributed by atoms with Crippen molar-refractivity contribution in [2.45, 2.75) is 30.2 Å². The molecule has 0 aromatic heterocycles. The lowest BCUT2D eigenvalue weighted by molar-refractivity contribution is -0.141. The highest BCUT2D eigenvalue weighted by atomic mass is 35.5. The van der Waals surface area contributed by atoms with E-state index in [4.69, 9.17) is 39.9 Å². The van der Waals surface area contributed by atoms with Gasteiger partial charge in [0.25, 0.3) is 0 Å². The van der Waals surface area contributed by atoms with Gasteiger partial charge in [0.15, 0.2) is 0 Å².